The van der Waals surface area contributed by atoms with Gasteiger partial charge >= 0.3 is 5.97 Å². The predicted molar refractivity (Wildman–Crippen MR) is 71.5 cm³/mol. The highest BCUT2D eigenvalue weighted by molar-refractivity contribution is 6.30. The molecule has 0 radical (unpaired) electrons. The Morgan fingerprint density at radius 3 is 2.53 bits per heavy atom. The van der Waals surface area contributed by atoms with Crippen molar-refractivity contribution >= 4 is 23.5 Å². The second kappa shape index (κ2) is 6.43. The van der Waals surface area contributed by atoms with Crippen molar-refractivity contribution in [2.45, 2.75) is 26.3 Å². The fourth-order valence-electron chi connectivity index (χ4n) is 1.86. The van der Waals surface area contributed by atoms with E-state index in [9.17, 15) is 14.7 Å². The Balaban J connectivity index is 2.98. The van der Waals surface area contributed by atoms with Crippen LogP contribution >= 0.6 is 11.6 Å². The number of nitrogens with zero attached hydrogens (tertiary/aromatic N) is 1. The average molecular weight is 286 g/mol. The fourth-order valence-corrected chi connectivity index (χ4v) is 2.03. The van der Waals surface area contributed by atoms with Crippen molar-refractivity contribution in [3.63, 3.8) is 0 Å². The zero-order valence-corrected chi connectivity index (χ0v) is 11.5. The molecule has 5 nitrogen and oxygen atoms in total. The third-order valence-corrected chi connectivity index (χ3v) is 3.03. The van der Waals surface area contributed by atoms with E-state index < -0.39 is 17.9 Å². The summed E-state index contributed by atoms with van der Waals surface area (Å²) in [4.78, 5) is 24.4. The van der Waals surface area contributed by atoms with Crippen LogP contribution in [0.4, 0.5) is 0 Å². The SMILES string of the molecule is CCN(C(=O)c1ccc(Cl)cc1O)C(C)CC(=O)O. The largest absolute Gasteiger partial charge is 0.507 e. The number of halogens is 1. The van der Waals surface area contributed by atoms with Crippen LogP contribution in [-0.2, 0) is 4.79 Å². The zero-order valence-electron chi connectivity index (χ0n) is 10.8. The van der Waals surface area contributed by atoms with Crippen molar-refractivity contribution in [1.82, 2.24) is 4.90 Å². The number of hydrogen-bond acceptors (Lipinski definition) is 3. The lowest BCUT2D eigenvalue weighted by atomic mass is 10.1. The Bertz CT molecular complexity index is 490. The summed E-state index contributed by atoms with van der Waals surface area (Å²) < 4.78 is 0. The van der Waals surface area contributed by atoms with E-state index in [4.69, 9.17) is 16.7 Å². The predicted octanol–water partition coefficient (Wildman–Crippen LogP) is 2.37. The van der Waals surface area contributed by atoms with Crippen molar-refractivity contribution in [1.29, 1.82) is 0 Å². The van der Waals surface area contributed by atoms with Gasteiger partial charge in [-0.15, -0.1) is 0 Å². The Kier molecular flexibility index (Phi) is 5.18. The van der Waals surface area contributed by atoms with Crippen LogP contribution in [0.1, 0.15) is 30.6 Å². The number of benzene rings is 1. The van der Waals surface area contributed by atoms with Gasteiger partial charge in [0.2, 0.25) is 0 Å². The number of phenolic OH excluding ortho intramolecular Hbond substituents is 1. The molecule has 104 valence electrons. The van der Waals surface area contributed by atoms with Crippen LogP contribution in [0.5, 0.6) is 5.75 Å². The fraction of sp³-hybridized carbons (Fsp3) is 0.385. The van der Waals surface area contributed by atoms with E-state index in [1.54, 1.807) is 13.8 Å². The third-order valence-electron chi connectivity index (χ3n) is 2.79. The number of hydrogen-bond donors (Lipinski definition) is 2. The van der Waals surface area contributed by atoms with Gasteiger partial charge in [-0.25, -0.2) is 0 Å². The van der Waals surface area contributed by atoms with Crippen LogP contribution in [0, 0.1) is 0 Å². The van der Waals surface area contributed by atoms with E-state index in [2.05, 4.69) is 0 Å². The summed E-state index contributed by atoms with van der Waals surface area (Å²) in [7, 11) is 0. The van der Waals surface area contributed by atoms with Crippen LogP contribution < -0.4 is 0 Å². The molecular weight excluding hydrogens is 270 g/mol. The van der Waals surface area contributed by atoms with Gasteiger partial charge in [-0.05, 0) is 32.0 Å². The Morgan fingerprint density at radius 2 is 2.05 bits per heavy atom. The van der Waals surface area contributed by atoms with Crippen molar-refractivity contribution in [2.24, 2.45) is 0 Å². The van der Waals surface area contributed by atoms with Gasteiger partial charge in [0.25, 0.3) is 5.91 Å². The van der Waals surface area contributed by atoms with Crippen LogP contribution in [0.25, 0.3) is 0 Å². The molecule has 0 fully saturated rings. The zero-order chi connectivity index (χ0) is 14.6. The molecule has 0 spiro atoms. The third kappa shape index (κ3) is 3.86. The number of carboxylic acids is 1. The molecule has 1 rings (SSSR count). The lowest BCUT2D eigenvalue weighted by Crippen LogP contribution is -2.39. The molecule has 1 atom stereocenters. The molecule has 2 N–H and O–H groups in total. The Hall–Kier alpha value is -1.75. The lowest BCUT2D eigenvalue weighted by Gasteiger charge is -2.27. The summed E-state index contributed by atoms with van der Waals surface area (Å²) >= 11 is 5.70. The lowest BCUT2D eigenvalue weighted by molar-refractivity contribution is -0.138. The van der Waals surface area contributed by atoms with Crippen molar-refractivity contribution in [3.05, 3.63) is 28.8 Å². The van der Waals surface area contributed by atoms with Crippen LogP contribution in [0.3, 0.4) is 0 Å². The summed E-state index contributed by atoms with van der Waals surface area (Å²) in [5.74, 6) is -1.59. The molecule has 1 aromatic carbocycles. The van der Waals surface area contributed by atoms with Crippen molar-refractivity contribution in [2.75, 3.05) is 6.54 Å². The van der Waals surface area contributed by atoms with Gasteiger partial charge in [-0.2, -0.15) is 0 Å². The maximum absolute atomic E-state index is 12.3. The highest BCUT2D eigenvalue weighted by Gasteiger charge is 2.23. The molecule has 0 heterocycles. The smallest absolute Gasteiger partial charge is 0.305 e. The minimum atomic E-state index is -0.973. The van der Waals surface area contributed by atoms with Gasteiger partial charge in [-0.3, -0.25) is 9.59 Å². The van der Waals surface area contributed by atoms with Gasteiger partial charge in [0, 0.05) is 17.6 Å². The monoisotopic (exact) mass is 285 g/mol. The number of carboxylic acid groups (broad SMARTS) is 1. The molecule has 0 aliphatic rings. The van der Waals surface area contributed by atoms with Crippen LogP contribution in [-0.4, -0.2) is 39.6 Å². The molecule has 0 aliphatic carbocycles. The van der Waals surface area contributed by atoms with Crippen LogP contribution in [0.2, 0.25) is 5.02 Å². The second-order valence-corrected chi connectivity index (χ2v) is 4.64. The highest BCUT2D eigenvalue weighted by Crippen LogP contribution is 2.24. The maximum atomic E-state index is 12.3. The number of rotatable bonds is 5. The molecule has 0 saturated carbocycles. The number of aromatic hydroxyl groups is 1. The number of phenols is 1. The van der Waals surface area contributed by atoms with E-state index in [0.717, 1.165) is 0 Å². The maximum Gasteiger partial charge on any atom is 0.305 e. The number of carbonyl (C=O) groups is 2. The summed E-state index contributed by atoms with van der Waals surface area (Å²) in [6, 6.07) is 3.76. The first-order chi connectivity index (χ1) is 8.86. The number of amides is 1. The van der Waals surface area contributed by atoms with E-state index in [0.29, 0.717) is 11.6 Å². The average Bonchev–Trinajstić information content (AvgIpc) is 2.28. The highest BCUT2D eigenvalue weighted by atomic mass is 35.5. The molecule has 19 heavy (non-hydrogen) atoms. The van der Waals surface area contributed by atoms with E-state index in [-0.39, 0.29) is 17.7 Å². The molecule has 0 bridgehead atoms. The standard InChI is InChI=1S/C13H16ClNO4/c1-3-15(8(2)6-12(17)18)13(19)10-5-4-9(14)7-11(10)16/h4-5,7-8,16H,3,6H2,1-2H3,(H,17,18). The Morgan fingerprint density at radius 1 is 1.42 bits per heavy atom. The van der Waals surface area contributed by atoms with Gasteiger partial charge in [-0.1, -0.05) is 11.6 Å². The summed E-state index contributed by atoms with van der Waals surface area (Å²) in [5, 5.41) is 18.8. The molecule has 6 heteroatoms. The van der Waals surface area contributed by atoms with Gasteiger partial charge < -0.3 is 15.1 Å². The quantitative estimate of drug-likeness (QED) is 0.870. The molecule has 0 aromatic heterocycles. The molecule has 1 amide bonds. The molecule has 0 aliphatic heterocycles. The molecule has 1 aromatic rings. The Labute approximate surface area is 116 Å². The minimum Gasteiger partial charge on any atom is -0.507 e. The van der Waals surface area contributed by atoms with E-state index in [1.807, 2.05) is 0 Å². The van der Waals surface area contributed by atoms with Crippen molar-refractivity contribution < 1.29 is 19.8 Å². The van der Waals surface area contributed by atoms with Gasteiger partial charge in [0.05, 0.1) is 12.0 Å². The first kappa shape index (κ1) is 15.3. The summed E-state index contributed by atoms with van der Waals surface area (Å²) in [5.41, 5.74) is 0.114. The van der Waals surface area contributed by atoms with Gasteiger partial charge in [0.15, 0.2) is 0 Å². The normalized spacial score (nSPS) is 11.9. The minimum absolute atomic E-state index is 0.114. The summed E-state index contributed by atoms with van der Waals surface area (Å²) in [6.45, 7) is 3.76. The van der Waals surface area contributed by atoms with E-state index >= 15 is 0 Å². The van der Waals surface area contributed by atoms with Gasteiger partial charge in [0.1, 0.15) is 5.75 Å². The van der Waals surface area contributed by atoms with Crippen molar-refractivity contribution in [3.8, 4) is 5.75 Å². The first-order valence-electron chi connectivity index (χ1n) is 5.88. The summed E-state index contributed by atoms with van der Waals surface area (Å²) in [6.07, 6.45) is -0.145. The number of aliphatic carboxylic acids is 1. The van der Waals surface area contributed by atoms with E-state index in [1.165, 1.54) is 23.1 Å². The van der Waals surface area contributed by atoms with Crippen LogP contribution in [0.15, 0.2) is 18.2 Å². The molecule has 1 unspecified atom stereocenters. The number of carbonyl (C=O) groups excluding carboxylic acids is 1. The second-order valence-electron chi connectivity index (χ2n) is 4.20. The molecular formula is C13H16ClNO4. The first-order valence-corrected chi connectivity index (χ1v) is 6.25. The topological polar surface area (TPSA) is 77.8 Å². The molecule has 0 saturated heterocycles.